The van der Waals surface area contributed by atoms with Crippen molar-refractivity contribution in [1.29, 1.82) is 0 Å². The van der Waals surface area contributed by atoms with E-state index in [0.717, 1.165) is 30.0 Å². The van der Waals surface area contributed by atoms with E-state index in [0.29, 0.717) is 16.6 Å². The molecule has 2 aromatic rings. The Morgan fingerprint density at radius 1 is 1.56 bits per heavy atom. The molecule has 0 spiro atoms. The number of fused-ring (bicyclic) bond motifs is 1. The highest BCUT2D eigenvalue weighted by Crippen LogP contribution is 2.22. The maximum atomic E-state index is 11.8. The predicted molar refractivity (Wildman–Crippen MR) is 74.6 cm³/mol. The van der Waals surface area contributed by atoms with E-state index >= 15 is 0 Å². The number of nitrogens with zero attached hydrogens (tertiary/aromatic N) is 1. The molecule has 1 atom stereocenters. The molecule has 3 rings (SSSR count). The number of H-pyrrole nitrogens is 1. The summed E-state index contributed by atoms with van der Waals surface area (Å²) < 4.78 is 5.66. The van der Waals surface area contributed by atoms with Gasteiger partial charge in [-0.25, -0.2) is 4.98 Å². The second kappa shape index (κ2) is 5.42. The van der Waals surface area contributed by atoms with Gasteiger partial charge in [0.25, 0.3) is 5.56 Å². The lowest BCUT2D eigenvalue weighted by Gasteiger charge is -2.21. The molecule has 1 aliphatic heterocycles. The molecular formula is C12H14N2O2S2. The van der Waals surface area contributed by atoms with Gasteiger partial charge in [0.2, 0.25) is 0 Å². The van der Waals surface area contributed by atoms with Gasteiger partial charge in [-0.05, 0) is 30.7 Å². The molecule has 4 nitrogen and oxygen atoms in total. The van der Waals surface area contributed by atoms with Gasteiger partial charge in [-0.3, -0.25) is 4.79 Å². The van der Waals surface area contributed by atoms with Crippen molar-refractivity contribution in [2.45, 2.75) is 30.5 Å². The Labute approximate surface area is 113 Å². The van der Waals surface area contributed by atoms with Crippen molar-refractivity contribution >= 4 is 33.3 Å². The van der Waals surface area contributed by atoms with Crippen molar-refractivity contribution in [3.8, 4) is 0 Å². The summed E-state index contributed by atoms with van der Waals surface area (Å²) in [7, 11) is 0. The SMILES string of the molecule is O=c1[nH]c(SC[C@@H]2CCCCO2)nc2sccc12. The molecule has 18 heavy (non-hydrogen) atoms. The molecule has 1 fully saturated rings. The number of thiophene rings is 1. The van der Waals surface area contributed by atoms with Gasteiger partial charge in [-0.1, -0.05) is 11.8 Å². The van der Waals surface area contributed by atoms with E-state index in [2.05, 4.69) is 9.97 Å². The molecule has 1 N–H and O–H groups in total. The lowest BCUT2D eigenvalue weighted by Crippen LogP contribution is -2.21. The third kappa shape index (κ3) is 2.60. The third-order valence-corrected chi connectivity index (χ3v) is 4.80. The first kappa shape index (κ1) is 12.2. The molecule has 0 aromatic carbocycles. The quantitative estimate of drug-likeness (QED) is 0.694. The fourth-order valence-corrected chi connectivity index (χ4v) is 3.77. The fraction of sp³-hybridized carbons (Fsp3) is 0.500. The predicted octanol–water partition coefficient (Wildman–Crippen LogP) is 2.65. The van der Waals surface area contributed by atoms with Crippen molar-refractivity contribution in [2.75, 3.05) is 12.4 Å². The minimum absolute atomic E-state index is 0.0479. The number of hydrogen-bond acceptors (Lipinski definition) is 5. The van der Waals surface area contributed by atoms with Crippen LogP contribution in [0.4, 0.5) is 0 Å². The first-order chi connectivity index (χ1) is 8.83. The van der Waals surface area contributed by atoms with E-state index in [1.54, 1.807) is 11.8 Å². The number of ether oxygens (including phenoxy) is 1. The average Bonchev–Trinajstić information content (AvgIpc) is 2.86. The summed E-state index contributed by atoms with van der Waals surface area (Å²) >= 11 is 3.08. The van der Waals surface area contributed by atoms with E-state index < -0.39 is 0 Å². The van der Waals surface area contributed by atoms with E-state index in [9.17, 15) is 4.79 Å². The summed E-state index contributed by atoms with van der Waals surface area (Å²) in [6.07, 6.45) is 3.81. The number of aromatic nitrogens is 2. The van der Waals surface area contributed by atoms with Crippen LogP contribution < -0.4 is 5.56 Å². The Bertz CT molecular complexity index is 587. The minimum atomic E-state index is -0.0479. The number of rotatable bonds is 3. The number of nitrogens with one attached hydrogen (secondary N) is 1. The molecule has 2 aromatic heterocycles. The van der Waals surface area contributed by atoms with Gasteiger partial charge >= 0.3 is 0 Å². The summed E-state index contributed by atoms with van der Waals surface area (Å²) in [5, 5.41) is 3.27. The fourth-order valence-electron chi connectivity index (χ4n) is 2.02. The standard InChI is InChI=1S/C12H14N2O2S2/c15-10-9-4-6-17-11(9)14-12(13-10)18-7-8-3-1-2-5-16-8/h4,6,8H,1-3,5,7H2,(H,13,14,15)/t8-/m0/s1. The highest BCUT2D eigenvalue weighted by molar-refractivity contribution is 7.99. The molecule has 0 aliphatic carbocycles. The molecule has 6 heteroatoms. The van der Waals surface area contributed by atoms with Crippen molar-refractivity contribution in [1.82, 2.24) is 9.97 Å². The Hall–Kier alpha value is -0.850. The Kier molecular flexibility index (Phi) is 3.67. The van der Waals surface area contributed by atoms with Crippen molar-refractivity contribution < 1.29 is 4.74 Å². The van der Waals surface area contributed by atoms with Crippen LogP contribution in [0.25, 0.3) is 10.2 Å². The van der Waals surface area contributed by atoms with Crippen LogP contribution in [0.1, 0.15) is 19.3 Å². The zero-order valence-electron chi connectivity index (χ0n) is 9.85. The van der Waals surface area contributed by atoms with E-state index in [1.165, 1.54) is 17.8 Å². The zero-order valence-corrected chi connectivity index (χ0v) is 11.5. The summed E-state index contributed by atoms with van der Waals surface area (Å²) in [6, 6.07) is 1.81. The number of hydrogen-bond donors (Lipinski definition) is 1. The van der Waals surface area contributed by atoms with Crippen LogP contribution in [0.15, 0.2) is 21.4 Å². The van der Waals surface area contributed by atoms with Gasteiger partial charge in [0, 0.05) is 12.4 Å². The molecular weight excluding hydrogens is 268 g/mol. The summed E-state index contributed by atoms with van der Waals surface area (Å²) in [5.41, 5.74) is -0.0479. The van der Waals surface area contributed by atoms with Crippen LogP contribution in [-0.2, 0) is 4.74 Å². The topological polar surface area (TPSA) is 55.0 Å². The highest BCUT2D eigenvalue weighted by atomic mass is 32.2. The second-order valence-electron chi connectivity index (χ2n) is 4.31. The smallest absolute Gasteiger partial charge is 0.260 e. The van der Waals surface area contributed by atoms with Crippen LogP contribution in [-0.4, -0.2) is 28.4 Å². The maximum Gasteiger partial charge on any atom is 0.260 e. The first-order valence-corrected chi connectivity index (χ1v) is 7.91. The molecule has 0 unspecified atom stereocenters. The summed E-state index contributed by atoms with van der Waals surface area (Å²) in [6.45, 7) is 0.860. The molecule has 1 saturated heterocycles. The third-order valence-electron chi connectivity index (χ3n) is 2.99. The normalized spacial score (nSPS) is 20.3. The molecule has 0 amide bonds. The first-order valence-electron chi connectivity index (χ1n) is 6.05. The zero-order chi connectivity index (χ0) is 12.4. The van der Waals surface area contributed by atoms with Crippen LogP contribution in [0.3, 0.4) is 0 Å². The van der Waals surface area contributed by atoms with Crippen molar-refractivity contribution in [2.24, 2.45) is 0 Å². The van der Waals surface area contributed by atoms with Gasteiger partial charge < -0.3 is 9.72 Å². The average molecular weight is 282 g/mol. The molecule has 3 heterocycles. The van der Waals surface area contributed by atoms with E-state index in [-0.39, 0.29) is 5.56 Å². The minimum Gasteiger partial charge on any atom is -0.377 e. The molecule has 0 bridgehead atoms. The lowest BCUT2D eigenvalue weighted by atomic mass is 10.1. The van der Waals surface area contributed by atoms with Crippen molar-refractivity contribution in [3.05, 3.63) is 21.8 Å². The summed E-state index contributed by atoms with van der Waals surface area (Å²) in [4.78, 5) is 19.9. The van der Waals surface area contributed by atoms with Gasteiger partial charge in [0.1, 0.15) is 4.83 Å². The summed E-state index contributed by atoms with van der Waals surface area (Å²) in [5.74, 6) is 0.861. The maximum absolute atomic E-state index is 11.8. The van der Waals surface area contributed by atoms with Gasteiger partial charge in [-0.2, -0.15) is 0 Å². The number of thioether (sulfide) groups is 1. The largest absolute Gasteiger partial charge is 0.377 e. The molecule has 96 valence electrons. The lowest BCUT2D eigenvalue weighted by molar-refractivity contribution is 0.0315. The van der Waals surface area contributed by atoms with E-state index in [1.807, 2.05) is 11.4 Å². The Balaban J connectivity index is 1.72. The Morgan fingerprint density at radius 2 is 2.50 bits per heavy atom. The van der Waals surface area contributed by atoms with Crippen LogP contribution in [0, 0.1) is 0 Å². The Morgan fingerprint density at radius 3 is 3.33 bits per heavy atom. The van der Waals surface area contributed by atoms with Crippen molar-refractivity contribution in [3.63, 3.8) is 0 Å². The monoisotopic (exact) mass is 282 g/mol. The molecule has 1 aliphatic rings. The van der Waals surface area contributed by atoms with Gasteiger partial charge in [0.15, 0.2) is 5.16 Å². The van der Waals surface area contributed by atoms with Gasteiger partial charge in [0.05, 0.1) is 11.5 Å². The highest BCUT2D eigenvalue weighted by Gasteiger charge is 2.15. The van der Waals surface area contributed by atoms with Crippen LogP contribution in [0.5, 0.6) is 0 Å². The molecule has 0 radical (unpaired) electrons. The number of aromatic amines is 1. The second-order valence-corrected chi connectivity index (χ2v) is 6.21. The van der Waals surface area contributed by atoms with E-state index in [4.69, 9.17) is 4.74 Å². The molecule has 0 saturated carbocycles. The van der Waals surface area contributed by atoms with Gasteiger partial charge in [-0.15, -0.1) is 11.3 Å². The van der Waals surface area contributed by atoms with Crippen LogP contribution >= 0.6 is 23.1 Å². The van der Waals surface area contributed by atoms with Crippen LogP contribution in [0.2, 0.25) is 0 Å².